The molecule has 0 spiro atoms. The zero-order valence-corrected chi connectivity index (χ0v) is 18.7. The number of aryl methyl sites for hydroxylation is 1. The Hall–Kier alpha value is -2.67. The van der Waals surface area contributed by atoms with Crippen molar-refractivity contribution in [3.63, 3.8) is 0 Å². The Kier molecular flexibility index (Phi) is 6.14. The molecule has 160 valence electrons. The van der Waals surface area contributed by atoms with Gasteiger partial charge >= 0.3 is 0 Å². The smallest absolute Gasteiger partial charge is 0.244 e. The second-order valence-electron chi connectivity index (χ2n) is 7.70. The number of hydrogen-bond acceptors (Lipinski definition) is 3. The van der Waals surface area contributed by atoms with E-state index in [0.29, 0.717) is 11.4 Å². The SMILES string of the molecule is Cc1cccc(S(=O)(=O)N2Cc3ccccc3C[C@@H]2C(=O)NCc2cccc(Cl)c2)c1. The molecule has 1 aliphatic rings. The van der Waals surface area contributed by atoms with E-state index in [1.807, 2.05) is 49.4 Å². The number of benzene rings is 3. The third-order valence-corrected chi connectivity index (χ3v) is 7.55. The van der Waals surface area contributed by atoms with Gasteiger partial charge in [0, 0.05) is 18.1 Å². The molecule has 5 nitrogen and oxygen atoms in total. The number of carbonyl (C=O) groups excluding carboxylic acids is 1. The molecule has 1 aliphatic heterocycles. The molecule has 0 radical (unpaired) electrons. The van der Waals surface area contributed by atoms with Gasteiger partial charge in [-0.2, -0.15) is 4.31 Å². The van der Waals surface area contributed by atoms with Crippen LogP contribution in [0.4, 0.5) is 0 Å². The van der Waals surface area contributed by atoms with Crippen molar-refractivity contribution in [2.75, 3.05) is 0 Å². The lowest BCUT2D eigenvalue weighted by atomic mass is 9.95. The zero-order chi connectivity index (χ0) is 22.0. The summed E-state index contributed by atoms with van der Waals surface area (Å²) in [4.78, 5) is 13.4. The lowest BCUT2D eigenvalue weighted by molar-refractivity contribution is -0.125. The molecule has 3 aromatic rings. The van der Waals surface area contributed by atoms with Gasteiger partial charge in [0.25, 0.3) is 0 Å². The largest absolute Gasteiger partial charge is 0.351 e. The maximum absolute atomic E-state index is 13.5. The maximum Gasteiger partial charge on any atom is 0.244 e. The molecular weight excluding hydrogens is 432 g/mol. The molecule has 4 rings (SSSR count). The van der Waals surface area contributed by atoms with Crippen LogP contribution in [-0.4, -0.2) is 24.7 Å². The first-order chi connectivity index (χ1) is 14.8. The molecule has 0 unspecified atom stereocenters. The topological polar surface area (TPSA) is 66.5 Å². The van der Waals surface area contributed by atoms with Crippen molar-refractivity contribution in [3.05, 3.63) is 100 Å². The van der Waals surface area contributed by atoms with Crippen LogP contribution in [0.25, 0.3) is 0 Å². The maximum atomic E-state index is 13.5. The van der Waals surface area contributed by atoms with Gasteiger partial charge in [-0.3, -0.25) is 4.79 Å². The van der Waals surface area contributed by atoms with E-state index in [1.54, 1.807) is 30.3 Å². The minimum Gasteiger partial charge on any atom is -0.351 e. The summed E-state index contributed by atoms with van der Waals surface area (Å²) in [7, 11) is -3.86. The highest BCUT2D eigenvalue weighted by Crippen LogP contribution is 2.29. The fourth-order valence-corrected chi connectivity index (χ4v) is 5.72. The Balaban J connectivity index is 1.65. The Morgan fingerprint density at radius 3 is 2.52 bits per heavy atom. The number of rotatable bonds is 5. The number of amides is 1. The van der Waals surface area contributed by atoms with Gasteiger partial charge in [0.2, 0.25) is 15.9 Å². The second kappa shape index (κ2) is 8.83. The fraction of sp³-hybridized carbons (Fsp3) is 0.208. The van der Waals surface area contributed by atoms with Crippen molar-refractivity contribution in [2.24, 2.45) is 0 Å². The van der Waals surface area contributed by atoms with E-state index >= 15 is 0 Å². The van der Waals surface area contributed by atoms with Gasteiger partial charge in [0.1, 0.15) is 6.04 Å². The van der Waals surface area contributed by atoms with Gasteiger partial charge in [0.15, 0.2) is 0 Å². The Morgan fingerprint density at radius 1 is 1.03 bits per heavy atom. The summed E-state index contributed by atoms with van der Waals surface area (Å²) in [5.74, 6) is -0.328. The van der Waals surface area contributed by atoms with Crippen LogP contribution >= 0.6 is 11.6 Å². The van der Waals surface area contributed by atoms with Gasteiger partial charge in [-0.25, -0.2) is 8.42 Å². The molecule has 0 saturated carbocycles. The van der Waals surface area contributed by atoms with Gasteiger partial charge < -0.3 is 5.32 Å². The second-order valence-corrected chi connectivity index (χ2v) is 10.0. The number of fused-ring (bicyclic) bond motifs is 1. The quantitative estimate of drug-likeness (QED) is 0.631. The normalized spacial score (nSPS) is 16.5. The third kappa shape index (κ3) is 4.66. The van der Waals surface area contributed by atoms with E-state index in [2.05, 4.69) is 5.32 Å². The minimum atomic E-state index is -3.86. The van der Waals surface area contributed by atoms with Crippen molar-refractivity contribution in [1.82, 2.24) is 9.62 Å². The molecule has 1 heterocycles. The zero-order valence-electron chi connectivity index (χ0n) is 17.1. The summed E-state index contributed by atoms with van der Waals surface area (Å²) in [6.45, 7) is 2.28. The molecule has 0 aromatic heterocycles. The van der Waals surface area contributed by atoms with Crippen molar-refractivity contribution < 1.29 is 13.2 Å². The predicted octanol–water partition coefficient (Wildman–Crippen LogP) is 4.08. The number of sulfonamides is 1. The van der Waals surface area contributed by atoms with Crippen LogP contribution in [0.5, 0.6) is 0 Å². The van der Waals surface area contributed by atoms with Crippen LogP contribution < -0.4 is 5.32 Å². The molecule has 1 amide bonds. The summed E-state index contributed by atoms with van der Waals surface area (Å²) in [5, 5.41) is 3.47. The van der Waals surface area contributed by atoms with Crippen LogP contribution in [0.15, 0.2) is 77.7 Å². The summed E-state index contributed by atoms with van der Waals surface area (Å²) in [5.41, 5.74) is 3.60. The molecule has 1 atom stereocenters. The highest BCUT2D eigenvalue weighted by Gasteiger charge is 2.39. The highest BCUT2D eigenvalue weighted by atomic mass is 35.5. The van der Waals surface area contributed by atoms with Crippen molar-refractivity contribution in [3.8, 4) is 0 Å². The van der Waals surface area contributed by atoms with Crippen LogP contribution in [-0.2, 0) is 34.3 Å². The molecule has 0 aliphatic carbocycles. The van der Waals surface area contributed by atoms with E-state index in [0.717, 1.165) is 22.3 Å². The van der Waals surface area contributed by atoms with Crippen LogP contribution in [0.1, 0.15) is 22.3 Å². The van der Waals surface area contributed by atoms with Gasteiger partial charge in [-0.05, 0) is 59.9 Å². The molecule has 3 aromatic carbocycles. The first-order valence-electron chi connectivity index (χ1n) is 10.0. The van der Waals surface area contributed by atoms with E-state index in [9.17, 15) is 13.2 Å². The number of carbonyl (C=O) groups is 1. The lowest BCUT2D eigenvalue weighted by Crippen LogP contribution is -2.52. The average Bonchev–Trinajstić information content (AvgIpc) is 2.76. The number of hydrogen-bond donors (Lipinski definition) is 1. The highest BCUT2D eigenvalue weighted by molar-refractivity contribution is 7.89. The number of nitrogens with zero attached hydrogens (tertiary/aromatic N) is 1. The van der Waals surface area contributed by atoms with E-state index < -0.39 is 16.1 Å². The van der Waals surface area contributed by atoms with Crippen LogP contribution in [0.3, 0.4) is 0 Å². The molecular formula is C24H23ClN2O3S. The fourth-order valence-electron chi connectivity index (χ4n) is 3.84. The molecule has 0 saturated heterocycles. The Labute approximate surface area is 187 Å². The van der Waals surface area contributed by atoms with Crippen LogP contribution in [0, 0.1) is 6.92 Å². The third-order valence-electron chi connectivity index (χ3n) is 5.46. The van der Waals surface area contributed by atoms with Gasteiger partial charge in [-0.15, -0.1) is 0 Å². The Bertz CT molecular complexity index is 1230. The van der Waals surface area contributed by atoms with Gasteiger partial charge in [-0.1, -0.05) is 60.1 Å². The van der Waals surface area contributed by atoms with Crippen molar-refractivity contribution >= 4 is 27.5 Å². The molecule has 31 heavy (non-hydrogen) atoms. The minimum absolute atomic E-state index is 0.154. The van der Waals surface area contributed by atoms with E-state index in [1.165, 1.54) is 4.31 Å². The summed E-state index contributed by atoms with van der Waals surface area (Å²) < 4.78 is 28.3. The van der Waals surface area contributed by atoms with E-state index in [-0.39, 0.29) is 23.9 Å². The van der Waals surface area contributed by atoms with Crippen LogP contribution in [0.2, 0.25) is 5.02 Å². The summed E-state index contributed by atoms with van der Waals surface area (Å²) in [6.07, 6.45) is 0.322. The van der Waals surface area contributed by atoms with Crippen molar-refractivity contribution in [1.29, 1.82) is 0 Å². The lowest BCUT2D eigenvalue weighted by Gasteiger charge is -2.35. The predicted molar refractivity (Wildman–Crippen MR) is 121 cm³/mol. The van der Waals surface area contributed by atoms with Gasteiger partial charge in [0.05, 0.1) is 4.90 Å². The van der Waals surface area contributed by atoms with Crippen molar-refractivity contribution in [2.45, 2.75) is 37.4 Å². The molecule has 1 N–H and O–H groups in total. The van der Waals surface area contributed by atoms with E-state index in [4.69, 9.17) is 11.6 Å². The Morgan fingerprint density at radius 2 is 1.77 bits per heavy atom. The summed E-state index contributed by atoms with van der Waals surface area (Å²) in [6, 6.07) is 20.8. The first-order valence-corrected chi connectivity index (χ1v) is 11.8. The standard InChI is InChI=1S/C24H23ClN2O3S/c1-17-6-4-11-22(12-17)31(29,30)27-16-20-9-3-2-8-19(20)14-23(27)24(28)26-15-18-7-5-10-21(25)13-18/h2-13,23H,14-16H2,1H3,(H,26,28)/t23-/m1/s1. The molecule has 7 heteroatoms. The molecule has 0 bridgehead atoms. The number of halogens is 1. The first kappa shape index (κ1) is 21.6. The average molecular weight is 455 g/mol. The monoisotopic (exact) mass is 454 g/mol. The molecule has 0 fully saturated rings. The summed E-state index contributed by atoms with van der Waals surface area (Å²) >= 11 is 6.03. The number of nitrogens with one attached hydrogen (secondary N) is 1.